The zero-order chi connectivity index (χ0) is 23.1. The lowest BCUT2D eigenvalue weighted by atomic mass is 9.75. The van der Waals surface area contributed by atoms with Gasteiger partial charge in [-0.25, -0.2) is 4.79 Å². The Labute approximate surface area is 181 Å². The third-order valence-corrected chi connectivity index (χ3v) is 5.89. The number of hydrogen-bond acceptors (Lipinski definition) is 4. The summed E-state index contributed by atoms with van der Waals surface area (Å²) in [5.41, 5.74) is -1.28. The van der Waals surface area contributed by atoms with Gasteiger partial charge in [0.1, 0.15) is 0 Å². The molecule has 1 aliphatic heterocycles. The van der Waals surface area contributed by atoms with Crippen LogP contribution in [0.2, 0.25) is 0 Å². The van der Waals surface area contributed by atoms with E-state index in [1.807, 2.05) is 6.07 Å². The summed E-state index contributed by atoms with van der Waals surface area (Å²) in [7, 11) is 1.80. The molecule has 10 heteroatoms. The maximum absolute atomic E-state index is 13.6. The number of aldehydes is 1. The molecule has 1 saturated heterocycles. The fourth-order valence-electron chi connectivity index (χ4n) is 3.93. The van der Waals surface area contributed by atoms with Gasteiger partial charge in [0.05, 0.1) is 36.3 Å². The first-order valence-electron chi connectivity index (χ1n) is 9.88. The number of benzene rings is 1. The van der Waals surface area contributed by atoms with Crippen LogP contribution in [-0.4, -0.2) is 53.3 Å². The summed E-state index contributed by atoms with van der Waals surface area (Å²) in [4.78, 5) is 25.8. The molecule has 1 aromatic carbocycles. The quantitative estimate of drug-likeness (QED) is 0.344. The van der Waals surface area contributed by atoms with Crippen LogP contribution in [-0.2, 0) is 16.3 Å². The van der Waals surface area contributed by atoms with E-state index >= 15 is 0 Å². The van der Waals surface area contributed by atoms with E-state index in [9.17, 15) is 22.8 Å². The first kappa shape index (κ1) is 21.8. The number of nitrogens with zero attached hydrogens (tertiary/aromatic N) is 3. The van der Waals surface area contributed by atoms with Crippen molar-refractivity contribution in [3.05, 3.63) is 69.9 Å². The molecule has 0 bridgehead atoms. The molecule has 3 aromatic rings. The van der Waals surface area contributed by atoms with Gasteiger partial charge in [0.15, 0.2) is 6.29 Å². The number of hydrogen-bond donors (Lipinski definition) is 1. The number of imidazole rings is 1. The molecule has 1 fully saturated rings. The molecule has 0 saturated carbocycles. The van der Waals surface area contributed by atoms with Gasteiger partial charge >= 0.3 is 11.9 Å². The number of carbonyl (C=O) groups excluding carboxylic acids is 1. The van der Waals surface area contributed by atoms with Crippen molar-refractivity contribution in [3.8, 4) is 5.69 Å². The molecule has 0 aliphatic carbocycles. The summed E-state index contributed by atoms with van der Waals surface area (Å²) in [6.45, 7) is 1.60. The largest absolute Gasteiger partial charge is 0.418 e. The SMILES string of the molecule is CN(C=N)CCC1(c2cccc(-n3cc4c(C(F)(F)F)cc(C=O)cn4c3=O)c2)COC1. The lowest BCUT2D eigenvalue weighted by Crippen LogP contribution is -2.48. The molecule has 7 nitrogen and oxygen atoms in total. The lowest BCUT2D eigenvalue weighted by Gasteiger charge is -2.43. The highest BCUT2D eigenvalue weighted by atomic mass is 19.4. The van der Waals surface area contributed by atoms with E-state index in [0.717, 1.165) is 39.4 Å². The van der Waals surface area contributed by atoms with Gasteiger partial charge < -0.3 is 9.64 Å². The van der Waals surface area contributed by atoms with Crippen molar-refractivity contribution < 1.29 is 22.7 Å². The van der Waals surface area contributed by atoms with Gasteiger partial charge in [0.25, 0.3) is 0 Å². The topological polar surface area (TPSA) is 79.8 Å². The van der Waals surface area contributed by atoms with Gasteiger partial charge in [-0.1, -0.05) is 12.1 Å². The molecule has 0 spiro atoms. The predicted octanol–water partition coefficient (Wildman–Crippen LogP) is 3.12. The zero-order valence-corrected chi connectivity index (χ0v) is 17.2. The van der Waals surface area contributed by atoms with Crippen molar-refractivity contribution in [1.82, 2.24) is 13.9 Å². The molecular weight excluding hydrogens is 425 g/mol. The number of aromatic nitrogens is 2. The van der Waals surface area contributed by atoms with E-state index in [2.05, 4.69) is 0 Å². The van der Waals surface area contributed by atoms with Crippen LogP contribution in [0, 0.1) is 5.41 Å². The highest BCUT2D eigenvalue weighted by Gasteiger charge is 2.40. The number of carbonyl (C=O) groups is 1. The Hall–Kier alpha value is -3.40. The fraction of sp³-hybridized carbons (Fsp3) is 0.318. The first-order valence-corrected chi connectivity index (χ1v) is 9.88. The minimum absolute atomic E-state index is 0.237. The van der Waals surface area contributed by atoms with Crippen LogP contribution < -0.4 is 5.69 Å². The lowest BCUT2D eigenvalue weighted by molar-refractivity contribution is -0.136. The summed E-state index contributed by atoms with van der Waals surface area (Å²) in [6, 6.07) is 7.82. The van der Waals surface area contributed by atoms with Crippen LogP contribution >= 0.6 is 0 Å². The van der Waals surface area contributed by atoms with E-state index in [1.165, 1.54) is 6.34 Å². The van der Waals surface area contributed by atoms with Crippen molar-refractivity contribution in [1.29, 1.82) is 5.41 Å². The summed E-state index contributed by atoms with van der Waals surface area (Å²) in [5.74, 6) is 0. The summed E-state index contributed by atoms with van der Waals surface area (Å²) >= 11 is 0. The van der Waals surface area contributed by atoms with Crippen LogP contribution in [0.4, 0.5) is 13.2 Å². The fourth-order valence-corrected chi connectivity index (χ4v) is 3.93. The predicted molar refractivity (Wildman–Crippen MR) is 112 cm³/mol. The molecular formula is C22H21F3N4O3. The molecule has 0 amide bonds. The number of rotatable bonds is 7. The maximum Gasteiger partial charge on any atom is 0.418 e. The van der Waals surface area contributed by atoms with Crippen molar-refractivity contribution in [2.75, 3.05) is 26.8 Å². The van der Waals surface area contributed by atoms with Crippen molar-refractivity contribution in [3.63, 3.8) is 0 Å². The second-order valence-electron chi connectivity index (χ2n) is 8.02. The Morgan fingerprint density at radius 2 is 2.00 bits per heavy atom. The van der Waals surface area contributed by atoms with Crippen molar-refractivity contribution in [2.45, 2.75) is 18.0 Å². The third-order valence-electron chi connectivity index (χ3n) is 5.89. The van der Waals surface area contributed by atoms with Crippen LogP contribution in [0.5, 0.6) is 0 Å². The normalized spacial score (nSPS) is 15.4. The first-order chi connectivity index (χ1) is 15.2. The number of nitrogens with one attached hydrogen (secondary N) is 1. The molecule has 3 heterocycles. The van der Waals surface area contributed by atoms with Crippen LogP contribution in [0.15, 0.2) is 47.5 Å². The molecule has 4 rings (SSSR count). The molecule has 168 valence electrons. The van der Waals surface area contributed by atoms with Crippen LogP contribution in [0.1, 0.15) is 27.9 Å². The molecule has 32 heavy (non-hydrogen) atoms. The van der Waals surface area contributed by atoms with Gasteiger partial charge in [-0.05, 0) is 30.2 Å². The van der Waals surface area contributed by atoms with E-state index in [-0.39, 0.29) is 22.8 Å². The summed E-state index contributed by atoms with van der Waals surface area (Å²) in [6.07, 6.45) is -0.234. The highest BCUT2D eigenvalue weighted by molar-refractivity contribution is 5.77. The smallest absolute Gasteiger partial charge is 0.379 e. The van der Waals surface area contributed by atoms with Gasteiger partial charge in [-0.3, -0.25) is 19.2 Å². The molecule has 0 radical (unpaired) electrons. The standard InChI is InChI=1S/C22H21F3N4O3/c1-27(14-26)6-5-21(12-32-13-21)16-3-2-4-17(8-16)28-10-19-18(22(23,24)25)7-15(11-30)9-29(19)20(28)31/h2-4,7-11,14,26H,5-6,12-13H2,1H3. The average Bonchev–Trinajstić information content (AvgIpc) is 3.08. The maximum atomic E-state index is 13.6. The number of pyridine rings is 1. The summed E-state index contributed by atoms with van der Waals surface area (Å²) in [5, 5.41) is 7.34. The minimum atomic E-state index is -4.72. The molecule has 1 N–H and O–H groups in total. The van der Waals surface area contributed by atoms with Crippen molar-refractivity contribution in [2.24, 2.45) is 0 Å². The summed E-state index contributed by atoms with van der Waals surface area (Å²) < 4.78 is 48.1. The monoisotopic (exact) mass is 446 g/mol. The Morgan fingerprint density at radius 1 is 1.25 bits per heavy atom. The van der Waals surface area contributed by atoms with E-state index in [0.29, 0.717) is 25.4 Å². The number of alkyl halides is 3. The second kappa shape index (κ2) is 7.94. The Balaban J connectivity index is 1.80. The second-order valence-corrected chi connectivity index (χ2v) is 8.02. The van der Waals surface area contributed by atoms with E-state index in [4.69, 9.17) is 10.1 Å². The van der Waals surface area contributed by atoms with E-state index < -0.39 is 17.4 Å². The Bertz CT molecular complexity index is 1240. The van der Waals surface area contributed by atoms with Crippen molar-refractivity contribution >= 4 is 18.1 Å². The van der Waals surface area contributed by atoms with Gasteiger partial charge in [-0.2, -0.15) is 13.2 Å². The van der Waals surface area contributed by atoms with Crippen LogP contribution in [0.3, 0.4) is 0 Å². The minimum Gasteiger partial charge on any atom is -0.379 e. The van der Waals surface area contributed by atoms with Gasteiger partial charge in [-0.15, -0.1) is 0 Å². The number of fused-ring (bicyclic) bond motifs is 1. The Morgan fingerprint density at radius 3 is 2.59 bits per heavy atom. The zero-order valence-electron chi connectivity index (χ0n) is 17.2. The van der Waals surface area contributed by atoms with Crippen LogP contribution in [0.25, 0.3) is 11.2 Å². The molecule has 2 aromatic heterocycles. The highest BCUT2D eigenvalue weighted by Crippen LogP contribution is 2.37. The molecule has 1 aliphatic rings. The Kier molecular flexibility index (Phi) is 5.41. The molecule has 0 unspecified atom stereocenters. The number of halogens is 3. The average molecular weight is 446 g/mol. The van der Waals surface area contributed by atoms with Gasteiger partial charge in [0, 0.05) is 37.0 Å². The third kappa shape index (κ3) is 3.70. The molecule has 0 atom stereocenters. The van der Waals surface area contributed by atoms with Gasteiger partial charge in [0.2, 0.25) is 0 Å². The van der Waals surface area contributed by atoms with E-state index in [1.54, 1.807) is 30.1 Å². The number of ether oxygens (including phenoxy) is 1.